The van der Waals surface area contributed by atoms with Crippen LogP contribution in [0.15, 0.2) is 12.3 Å². The third-order valence-electron chi connectivity index (χ3n) is 3.90. The van der Waals surface area contributed by atoms with Gasteiger partial charge in [-0.2, -0.15) is 0 Å². The number of hydrogen-bond acceptors (Lipinski definition) is 9. The van der Waals surface area contributed by atoms with Gasteiger partial charge in [0.2, 0.25) is 6.41 Å². The number of phosphoric ester groups is 1. The molecule has 10 nitrogen and oxygen atoms in total. The molecule has 0 fully saturated rings. The van der Waals surface area contributed by atoms with Crippen molar-refractivity contribution in [2.24, 2.45) is 5.41 Å². The number of nitrogens with zero attached hydrogens (tertiary/aromatic N) is 1. The standard InChI is InChI=1S/C18H33N2O8PS/c1-14(20(5)8-7-16(22)19-13-21)11-15(26-6)12-28-29(24,25)27-9-10-30-17(23)18(2,3)4/h7-8,13-15H,9-12H2,1-6H3,(H,24,25)(H,19,21,22)/b8-7-. The topological polar surface area (TPSA) is 131 Å². The van der Waals surface area contributed by atoms with Crippen molar-refractivity contribution in [3.63, 3.8) is 0 Å². The number of carbonyl (C=O) groups is 3. The van der Waals surface area contributed by atoms with E-state index < -0.39 is 25.2 Å². The van der Waals surface area contributed by atoms with E-state index >= 15 is 0 Å². The molecular formula is C18H33N2O8PS. The zero-order valence-corrected chi connectivity index (χ0v) is 20.0. The van der Waals surface area contributed by atoms with E-state index in [1.807, 2.05) is 12.2 Å². The minimum absolute atomic E-state index is 0.0324. The molecule has 0 aliphatic rings. The summed E-state index contributed by atoms with van der Waals surface area (Å²) in [5.41, 5.74) is -0.493. The normalized spacial score (nSPS) is 16.0. The molecule has 0 saturated heterocycles. The summed E-state index contributed by atoms with van der Waals surface area (Å²) in [6.45, 7) is 6.97. The first-order valence-corrected chi connectivity index (χ1v) is 11.8. The van der Waals surface area contributed by atoms with Crippen molar-refractivity contribution >= 4 is 37.0 Å². The van der Waals surface area contributed by atoms with E-state index in [4.69, 9.17) is 13.8 Å². The molecule has 0 aromatic rings. The van der Waals surface area contributed by atoms with Crippen LogP contribution in [-0.4, -0.2) is 72.5 Å². The van der Waals surface area contributed by atoms with Crippen LogP contribution in [0.25, 0.3) is 0 Å². The summed E-state index contributed by atoms with van der Waals surface area (Å²) in [5, 5.41) is 1.96. The van der Waals surface area contributed by atoms with Crippen LogP contribution >= 0.6 is 19.6 Å². The summed E-state index contributed by atoms with van der Waals surface area (Å²) in [7, 11) is -1.09. The van der Waals surface area contributed by atoms with Crippen LogP contribution in [0, 0.1) is 5.41 Å². The van der Waals surface area contributed by atoms with Gasteiger partial charge in [-0.15, -0.1) is 0 Å². The molecule has 0 aromatic heterocycles. The van der Waals surface area contributed by atoms with Gasteiger partial charge in [0.15, 0.2) is 5.12 Å². The Bertz CT molecular complexity index is 638. The van der Waals surface area contributed by atoms with E-state index in [-0.39, 0.29) is 30.1 Å². The Hall–Kier alpha value is -1.23. The number of methoxy groups -OCH3 is 1. The summed E-state index contributed by atoms with van der Waals surface area (Å²) < 4.78 is 27.2. The van der Waals surface area contributed by atoms with E-state index in [9.17, 15) is 23.8 Å². The van der Waals surface area contributed by atoms with Crippen molar-refractivity contribution in [3.05, 3.63) is 12.3 Å². The van der Waals surface area contributed by atoms with Gasteiger partial charge in [-0.3, -0.25) is 28.7 Å². The molecule has 174 valence electrons. The average molecular weight is 469 g/mol. The number of carbonyl (C=O) groups excluding carboxylic acids is 3. The minimum Gasteiger partial charge on any atom is -0.379 e. The lowest BCUT2D eigenvalue weighted by atomic mass is 10.00. The van der Waals surface area contributed by atoms with Gasteiger partial charge in [0.05, 0.1) is 19.3 Å². The van der Waals surface area contributed by atoms with Gasteiger partial charge in [0.25, 0.3) is 5.91 Å². The first-order chi connectivity index (χ1) is 13.8. The second-order valence-corrected chi connectivity index (χ2v) is 10.1. The third-order valence-corrected chi connectivity index (χ3v) is 6.13. The predicted molar refractivity (Wildman–Crippen MR) is 115 cm³/mol. The Labute approximate surface area is 182 Å². The molecular weight excluding hydrogens is 435 g/mol. The predicted octanol–water partition coefficient (Wildman–Crippen LogP) is 1.94. The largest absolute Gasteiger partial charge is 0.472 e. The zero-order valence-electron chi connectivity index (χ0n) is 18.3. The number of imide groups is 1. The van der Waals surface area contributed by atoms with E-state index in [0.717, 1.165) is 11.8 Å². The van der Waals surface area contributed by atoms with Gasteiger partial charge >= 0.3 is 7.82 Å². The highest BCUT2D eigenvalue weighted by atomic mass is 32.2. The maximum atomic E-state index is 12.0. The van der Waals surface area contributed by atoms with Gasteiger partial charge in [-0.05, 0) is 13.3 Å². The van der Waals surface area contributed by atoms with Gasteiger partial charge in [-0.1, -0.05) is 32.5 Å². The number of rotatable bonds is 14. The Morgan fingerprint density at radius 3 is 2.47 bits per heavy atom. The highest BCUT2D eigenvalue weighted by Gasteiger charge is 2.26. The molecule has 0 rings (SSSR count). The smallest absolute Gasteiger partial charge is 0.379 e. The number of thioether (sulfide) groups is 1. The summed E-state index contributed by atoms with van der Waals surface area (Å²) in [5.74, 6) is -0.305. The van der Waals surface area contributed by atoms with Crippen LogP contribution in [0.1, 0.15) is 34.1 Å². The van der Waals surface area contributed by atoms with Crippen molar-refractivity contribution in [3.8, 4) is 0 Å². The monoisotopic (exact) mass is 468 g/mol. The summed E-state index contributed by atoms with van der Waals surface area (Å²) >= 11 is 1.04. The van der Waals surface area contributed by atoms with E-state index in [2.05, 4.69) is 0 Å². The molecule has 0 aliphatic carbocycles. The summed E-state index contributed by atoms with van der Waals surface area (Å²) in [6.07, 6.45) is 2.95. The number of ether oxygens (including phenoxy) is 1. The molecule has 0 aliphatic heterocycles. The van der Waals surface area contributed by atoms with Crippen LogP contribution in [0.2, 0.25) is 0 Å². The van der Waals surface area contributed by atoms with Crippen LogP contribution in [0.5, 0.6) is 0 Å². The fourth-order valence-corrected chi connectivity index (χ4v) is 3.60. The second kappa shape index (κ2) is 14.0. The zero-order chi connectivity index (χ0) is 23.4. The van der Waals surface area contributed by atoms with Gasteiger partial charge < -0.3 is 14.5 Å². The molecule has 0 bridgehead atoms. The van der Waals surface area contributed by atoms with Gasteiger partial charge in [0, 0.05) is 43.6 Å². The highest BCUT2D eigenvalue weighted by Crippen LogP contribution is 2.43. The van der Waals surface area contributed by atoms with Crippen LogP contribution in [-0.2, 0) is 32.7 Å². The molecule has 0 saturated carbocycles. The van der Waals surface area contributed by atoms with Crippen molar-refractivity contribution < 1.29 is 37.6 Å². The van der Waals surface area contributed by atoms with Gasteiger partial charge in [0.1, 0.15) is 0 Å². The molecule has 3 atom stereocenters. The van der Waals surface area contributed by atoms with Gasteiger partial charge in [-0.25, -0.2) is 4.57 Å². The Kier molecular flexibility index (Phi) is 13.4. The maximum absolute atomic E-state index is 12.0. The van der Waals surface area contributed by atoms with Crippen molar-refractivity contribution in [2.75, 3.05) is 33.1 Å². The van der Waals surface area contributed by atoms with Crippen LogP contribution in [0.3, 0.4) is 0 Å². The van der Waals surface area contributed by atoms with Crippen molar-refractivity contribution in [1.82, 2.24) is 10.2 Å². The third kappa shape index (κ3) is 13.1. The molecule has 12 heteroatoms. The first kappa shape index (κ1) is 28.8. The number of nitrogens with one attached hydrogen (secondary N) is 1. The van der Waals surface area contributed by atoms with Crippen molar-refractivity contribution in [1.29, 1.82) is 0 Å². The number of hydrogen-bond donors (Lipinski definition) is 2. The van der Waals surface area contributed by atoms with Crippen LogP contribution in [0.4, 0.5) is 0 Å². The molecule has 3 unspecified atom stereocenters. The second-order valence-electron chi connectivity index (χ2n) is 7.53. The Morgan fingerprint density at radius 1 is 1.30 bits per heavy atom. The maximum Gasteiger partial charge on any atom is 0.472 e. The van der Waals surface area contributed by atoms with E-state index in [1.54, 1.807) is 32.7 Å². The molecule has 0 heterocycles. The molecule has 30 heavy (non-hydrogen) atoms. The van der Waals surface area contributed by atoms with Crippen LogP contribution < -0.4 is 5.32 Å². The first-order valence-electron chi connectivity index (χ1n) is 9.28. The highest BCUT2D eigenvalue weighted by molar-refractivity contribution is 8.13. The fourth-order valence-electron chi connectivity index (χ4n) is 1.94. The lowest BCUT2D eigenvalue weighted by Crippen LogP contribution is -2.31. The molecule has 0 spiro atoms. The van der Waals surface area contributed by atoms with E-state index in [0.29, 0.717) is 12.8 Å². The number of amides is 2. The summed E-state index contributed by atoms with van der Waals surface area (Å²) in [4.78, 5) is 44.8. The molecule has 0 radical (unpaired) electrons. The quantitative estimate of drug-likeness (QED) is 0.169. The fraction of sp³-hybridized carbons (Fsp3) is 0.722. The Morgan fingerprint density at radius 2 is 1.93 bits per heavy atom. The minimum atomic E-state index is -4.28. The SMILES string of the molecule is COC(COP(=O)(O)OCCSC(=O)C(C)(C)C)CC(C)N(C)/C=C\C(=O)NC=O. The Balaban J connectivity index is 4.41. The molecule has 0 aromatic carbocycles. The number of phosphoric acid groups is 1. The molecule has 2 amide bonds. The lowest BCUT2D eigenvalue weighted by Gasteiger charge is -2.27. The molecule has 2 N–H and O–H groups in total. The van der Waals surface area contributed by atoms with Crippen molar-refractivity contribution in [2.45, 2.75) is 46.3 Å². The van der Waals surface area contributed by atoms with E-state index in [1.165, 1.54) is 19.4 Å². The average Bonchev–Trinajstić information content (AvgIpc) is 2.65. The lowest BCUT2D eigenvalue weighted by molar-refractivity contribution is -0.122. The summed E-state index contributed by atoms with van der Waals surface area (Å²) in [6, 6.07) is -0.0994.